The van der Waals surface area contributed by atoms with Gasteiger partial charge in [-0.15, -0.1) is 11.8 Å². The molecule has 1 atom stereocenters. The first kappa shape index (κ1) is 5.95. The van der Waals surface area contributed by atoms with Crippen molar-refractivity contribution >= 4 is 17.7 Å². The van der Waals surface area contributed by atoms with Crippen molar-refractivity contribution in [3.8, 4) is 0 Å². The summed E-state index contributed by atoms with van der Waals surface area (Å²) in [6, 6.07) is 0. The molecule has 1 saturated heterocycles. The summed E-state index contributed by atoms with van der Waals surface area (Å²) in [7, 11) is 0. The molecule has 2 nitrogen and oxygen atoms in total. The van der Waals surface area contributed by atoms with Gasteiger partial charge < -0.3 is 4.74 Å². The van der Waals surface area contributed by atoms with E-state index in [1.54, 1.807) is 11.8 Å². The van der Waals surface area contributed by atoms with Crippen molar-refractivity contribution in [3.05, 3.63) is 0 Å². The number of ether oxygens (including phenoxy) is 1. The van der Waals surface area contributed by atoms with Gasteiger partial charge in [-0.1, -0.05) is 0 Å². The number of esters is 1. The average molecular weight is 132 g/mol. The third-order valence-corrected chi connectivity index (χ3v) is 2.07. The minimum absolute atomic E-state index is 0.0758. The smallest absolute Gasteiger partial charge is 0.315 e. The van der Waals surface area contributed by atoms with Crippen LogP contribution in [0.1, 0.15) is 6.92 Å². The van der Waals surface area contributed by atoms with Crippen LogP contribution in [0.25, 0.3) is 0 Å². The Bertz CT molecular complexity index is 92.6. The SMILES string of the molecule is CC1COC(=O)CS1. The summed E-state index contributed by atoms with van der Waals surface area (Å²) in [5.74, 6) is 0.453. The van der Waals surface area contributed by atoms with Gasteiger partial charge in [0, 0.05) is 5.25 Å². The van der Waals surface area contributed by atoms with Gasteiger partial charge in [0.15, 0.2) is 0 Å². The number of cyclic esters (lactones) is 1. The van der Waals surface area contributed by atoms with Crippen LogP contribution in [-0.4, -0.2) is 23.6 Å². The molecule has 0 aromatic carbocycles. The normalized spacial score (nSPS) is 29.6. The van der Waals surface area contributed by atoms with E-state index in [0.29, 0.717) is 17.6 Å². The first-order valence-corrected chi connectivity index (χ1v) is 3.61. The van der Waals surface area contributed by atoms with Crippen molar-refractivity contribution in [2.75, 3.05) is 12.4 Å². The van der Waals surface area contributed by atoms with E-state index in [-0.39, 0.29) is 5.97 Å². The molecule has 1 unspecified atom stereocenters. The second kappa shape index (κ2) is 2.40. The van der Waals surface area contributed by atoms with Crippen LogP contribution in [-0.2, 0) is 9.53 Å². The summed E-state index contributed by atoms with van der Waals surface area (Å²) in [5, 5.41) is 0.493. The minimum atomic E-state index is -0.0758. The number of hydrogen-bond donors (Lipinski definition) is 0. The Labute approximate surface area is 52.6 Å². The zero-order valence-corrected chi connectivity index (χ0v) is 5.53. The van der Waals surface area contributed by atoms with Crippen molar-refractivity contribution in [2.45, 2.75) is 12.2 Å². The van der Waals surface area contributed by atoms with Crippen LogP contribution < -0.4 is 0 Å². The Morgan fingerprint density at radius 2 is 2.62 bits per heavy atom. The fourth-order valence-electron chi connectivity index (χ4n) is 0.510. The molecule has 1 aliphatic heterocycles. The Kier molecular flexibility index (Phi) is 1.78. The Morgan fingerprint density at radius 3 is 3.00 bits per heavy atom. The number of thioether (sulfide) groups is 1. The quantitative estimate of drug-likeness (QED) is 0.453. The molecule has 0 saturated carbocycles. The van der Waals surface area contributed by atoms with E-state index >= 15 is 0 Å². The molecule has 1 heterocycles. The molecule has 8 heavy (non-hydrogen) atoms. The van der Waals surface area contributed by atoms with E-state index in [9.17, 15) is 4.79 Å². The van der Waals surface area contributed by atoms with Crippen LogP contribution in [0.5, 0.6) is 0 Å². The summed E-state index contributed by atoms with van der Waals surface area (Å²) in [6.45, 7) is 2.64. The zero-order valence-electron chi connectivity index (χ0n) is 4.72. The molecule has 0 aliphatic carbocycles. The molecule has 0 bridgehead atoms. The molecule has 46 valence electrons. The van der Waals surface area contributed by atoms with Gasteiger partial charge in [-0.3, -0.25) is 4.79 Å². The predicted octanol–water partition coefficient (Wildman–Crippen LogP) is 0.665. The predicted molar refractivity (Wildman–Crippen MR) is 32.9 cm³/mol. The summed E-state index contributed by atoms with van der Waals surface area (Å²) < 4.78 is 4.73. The standard InChI is InChI=1S/C5H8O2S/c1-4-2-7-5(6)3-8-4/h4H,2-3H2,1H3. The highest BCUT2D eigenvalue weighted by Gasteiger charge is 2.14. The largest absolute Gasteiger partial charge is 0.464 e. The van der Waals surface area contributed by atoms with Gasteiger partial charge in [-0.05, 0) is 6.92 Å². The summed E-state index contributed by atoms with van der Waals surface area (Å²) >= 11 is 1.65. The molecule has 1 rings (SSSR count). The maximum Gasteiger partial charge on any atom is 0.315 e. The van der Waals surface area contributed by atoms with Gasteiger partial charge >= 0.3 is 5.97 Å². The maximum atomic E-state index is 10.4. The maximum absolute atomic E-state index is 10.4. The Hall–Kier alpha value is -0.180. The lowest BCUT2D eigenvalue weighted by Gasteiger charge is -2.16. The number of rotatable bonds is 0. The first-order valence-electron chi connectivity index (χ1n) is 2.56. The second-order valence-corrected chi connectivity index (χ2v) is 3.23. The summed E-state index contributed by atoms with van der Waals surface area (Å²) in [5.41, 5.74) is 0. The van der Waals surface area contributed by atoms with Crippen LogP contribution >= 0.6 is 11.8 Å². The van der Waals surface area contributed by atoms with Crippen molar-refractivity contribution in [3.63, 3.8) is 0 Å². The average Bonchev–Trinajstić information content (AvgIpc) is 1.77. The van der Waals surface area contributed by atoms with E-state index in [1.807, 2.05) is 0 Å². The van der Waals surface area contributed by atoms with Crippen LogP contribution in [0.3, 0.4) is 0 Å². The topological polar surface area (TPSA) is 26.3 Å². The van der Waals surface area contributed by atoms with Crippen LogP contribution in [0, 0.1) is 0 Å². The minimum Gasteiger partial charge on any atom is -0.464 e. The van der Waals surface area contributed by atoms with E-state index in [0.717, 1.165) is 0 Å². The van der Waals surface area contributed by atoms with Crippen molar-refractivity contribution in [2.24, 2.45) is 0 Å². The van der Waals surface area contributed by atoms with Gasteiger partial charge in [-0.25, -0.2) is 0 Å². The van der Waals surface area contributed by atoms with E-state index < -0.39 is 0 Å². The molecule has 0 amide bonds. The Morgan fingerprint density at radius 1 is 1.88 bits per heavy atom. The molecular formula is C5H8O2S. The molecule has 0 spiro atoms. The number of carbonyl (C=O) groups excluding carboxylic acids is 1. The van der Waals surface area contributed by atoms with Crippen molar-refractivity contribution in [1.29, 1.82) is 0 Å². The zero-order chi connectivity index (χ0) is 5.98. The third-order valence-electron chi connectivity index (χ3n) is 0.965. The van der Waals surface area contributed by atoms with Crippen LogP contribution in [0.15, 0.2) is 0 Å². The lowest BCUT2D eigenvalue weighted by atomic mass is 10.5. The number of carbonyl (C=O) groups is 1. The highest BCUT2D eigenvalue weighted by molar-refractivity contribution is 8.00. The lowest BCUT2D eigenvalue weighted by molar-refractivity contribution is -0.140. The van der Waals surface area contributed by atoms with Crippen molar-refractivity contribution < 1.29 is 9.53 Å². The van der Waals surface area contributed by atoms with E-state index in [4.69, 9.17) is 4.74 Å². The number of hydrogen-bond acceptors (Lipinski definition) is 3. The molecule has 0 aromatic rings. The molecule has 0 aromatic heterocycles. The lowest BCUT2D eigenvalue weighted by Crippen LogP contribution is -2.22. The van der Waals surface area contributed by atoms with Gasteiger partial charge in [0.2, 0.25) is 0 Å². The highest BCUT2D eigenvalue weighted by atomic mass is 32.2. The molecule has 3 heteroatoms. The first-order chi connectivity index (χ1) is 3.79. The van der Waals surface area contributed by atoms with Crippen LogP contribution in [0.4, 0.5) is 0 Å². The summed E-state index contributed by atoms with van der Waals surface area (Å²) in [6.07, 6.45) is 0. The van der Waals surface area contributed by atoms with Crippen molar-refractivity contribution in [1.82, 2.24) is 0 Å². The second-order valence-electron chi connectivity index (χ2n) is 1.80. The Balaban J connectivity index is 2.29. The van der Waals surface area contributed by atoms with Gasteiger partial charge in [0.05, 0.1) is 5.75 Å². The highest BCUT2D eigenvalue weighted by Crippen LogP contribution is 2.15. The fourth-order valence-corrected chi connectivity index (χ4v) is 1.18. The fraction of sp³-hybridized carbons (Fsp3) is 0.800. The molecule has 1 fully saturated rings. The monoisotopic (exact) mass is 132 g/mol. The molecule has 0 N–H and O–H groups in total. The molecular weight excluding hydrogens is 124 g/mol. The molecule has 1 aliphatic rings. The molecule has 0 radical (unpaired) electrons. The van der Waals surface area contributed by atoms with Gasteiger partial charge in [0.1, 0.15) is 6.61 Å². The van der Waals surface area contributed by atoms with Crippen LogP contribution in [0.2, 0.25) is 0 Å². The van der Waals surface area contributed by atoms with Gasteiger partial charge in [-0.2, -0.15) is 0 Å². The van der Waals surface area contributed by atoms with E-state index in [1.165, 1.54) is 0 Å². The summed E-state index contributed by atoms with van der Waals surface area (Å²) in [4.78, 5) is 10.4. The van der Waals surface area contributed by atoms with E-state index in [2.05, 4.69) is 6.92 Å². The van der Waals surface area contributed by atoms with Gasteiger partial charge in [0.25, 0.3) is 0 Å². The third kappa shape index (κ3) is 1.40.